The van der Waals surface area contributed by atoms with Crippen molar-refractivity contribution in [3.63, 3.8) is 0 Å². The molecule has 3 heteroatoms. The van der Waals surface area contributed by atoms with Crippen molar-refractivity contribution in [1.29, 1.82) is 0 Å². The van der Waals surface area contributed by atoms with Crippen molar-refractivity contribution in [3.05, 3.63) is 64.2 Å². The van der Waals surface area contributed by atoms with Crippen molar-refractivity contribution < 1.29 is 9.84 Å². The molecule has 2 aromatic rings. The Morgan fingerprint density at radius 2 is 1.72 bits per heavy atom. The zero-order chi connectivity index (χ0) is 13.0. The molecule has 0 bridgehead atoms. The molecule has 0 saturated carbocycles. The SMILES string of the molecule is Cc1ccc(COc2ccc(CO)cc2Cl)cc1. The third-order valence-corrected chi connectivity index (χ3v) is 2.99. The van der Waals surface area contributed by atoms with Crippen LogP contribution in [0, 0.1) is 6.92 Å². The Bertz CT molecular complexity index is 521. The van der Waals surface area contributed by atoms with Crippen molar-refractivity contribution in [2.75, 3.05) is 0 Å². The number of hydrogen-bond donors (Lipinski definition) is 1. The molecule has 0 aliphatic rings. The first-order valence-corrected chi connectivity index (χ1v) is 6.14. The number of benzene rings is 2. The van der Waals surface area contributed by atoms with E-state index in [0.29, 0.717) is 17.4 Å². The molecule has 0 unspecified atom stereocenters. The van der Waals surface area contributed by atoms with Gasteiger partial charge in [0, 0.05) is 0 Å². The monoisotopic (exact) mass is 262 g/mol. The van der Waals surface area contributed by atoms with Crippen molar-refractivity contribution in [2.45, 2.75) is 20.1 Å². The van der Waals surface area contributed by atoms with E-state index >= 15 is 0 Å². The van der Waals surface area contributed by atoms with E-state index < -0.39 is 0 Å². The molecule has 18 heavy (non-hydrogen) atoms. The summed E-state index contributed by atoms with van der Waals surface area (Å²) in [5, 5.41) is 9.51. The molecular formula is C15H15ClO2. The quantitative estimate of drug-likeness (QED) is 0.910. The van der Waals surface area contributed by atoms with E-state index in [1.54, 1.807) is 18.2 Å². The van der Waals surface area contributed by atoms with Gasteiger partial charge in [-0.2, -0.15) is 0 Å². The lowest BCUT2D eigenvalue weighted by molar-refractivity contribution is 0.281. The van der Waals surface area contributed by atoms with Gasteiger partial charge in [-0.1, -0.05) is 47.5 Å². The summed E-state index contributed by atoms with van der Waals surface area (Å²) in [6, 6.07) is 13.5. The first kappa shape index (κ1) is 12.9. The Balaban J connectivity index is 2.04. The van der Waals surface area contributed by atoms with Gasteiger partial charge in [0.15, 0.2) is 0 Å². The van der Waals surface area contributed by atoms with Crippen LogP contribution in [0.3, 0.4) is 0 Å². The minimum atomic E-state index is -0.0159. The number of aliphatic hydroxyl groups excluding tert-OH is 1. The second kappa shape index (κ2) is 5.89. The predicted molar refractivity (Wildman–Crippen MR) is 72.9 cm³/mol. The van der Waals surface area contributed by atoms with Crippen LogP contribution in [0.2, 0.25) is 5.02 Å². The Morgan fingerprint density at radius 3 is 2.33 bits per heavy atom. The lowest BCUT2D eigenvalue weighted by Gasteiger charge is -2.09. The van der Waals surface area contributed by atoms with Crippen molar-refractivity contribution in [3.8, 4) is 5.75 Å². The van der Waals surface area contributed by atoms with Gasteiger partial charge in [0.05, 0.1) is 11.6 Å². The van der Waals surface area contributed by atoms with Crippen LogP contribution in [0.5, 0.6) is 5.75 Å². The number of rotatable bonds is 4. The van der Waals surface area contributed by atoms with Crippen LogP contribution in [-0.4, -0.2) is 5.11 Å². The molecular weight excluding hydrogens is 248 g/mol. The summed E-state index contributed by atoms with van der Waals surface area (Å²) in [6.07, 6.45) is 0. The van der Waals surface area contributed by atoms with E-state index in [2.05, 4.69) is 19.1 Å². The van der Waals surface area contributed by atoms with Crippen LogP contribution in [0.25, 0.3) is 0 Å². The highest BCUT2D eigenvalue weighted by atomic mass is 35.5. The first-order chi connectivity index (χ1) is 8.69. The fourth-order valence-corrected chi connectivity index (χ4v) is 1.86. The molecule has 0 atom stereocenters. The van der Waals surface area contributed by atoms with Gasteiger partial charge in [-0.3, -0.25) is 0 Å². The summed E-state index contributed by atoms with van der Waals surface area (Å²) >= 11 is 6.06. The highest BCUT2D eigenvalue weighted by Gasteiger charge is 2.03. The summed E-state index contributed by atoms with van der Waals surface area (Å²) < 4.78 is 5.65. The summed E-state index contributed by atoms with van der Waals surface area (Å²) in [4.78, 5) is 0. The van der Waals surface area contributed by atoms with E-state index in [1.807, 2.05) is 12.1 Å². The molecule has 0 saturated heterocycles. The molecule has 0 aliphatic heterocycles. The predicted octanol–water partition coefficient (Wildman–Crippen LogP) is 3.72. The normalized spacial score (nSPS) is 10.4. The summed E-state index contributed by atoms with van der Waals surface area (Å²) in [5.41, 5.74) is 3.11. The van der Waals surface area contributed by atoms with Crippen LogP contribution in [0.1, 0.15) is 16.7 Å². The topological polar surface area (TPSA) is 29.5 Å². The van der Waals surface area contributed by atoms with Crippen molar-refractivity contribution in [1.82, 2.24) is 0 Å². The smallest absolute Gasteiger partial charge is 0.138 e. The number of ether oxygens (including phenoxy) is 1. The highest BCUT2D eigenvalue weighted by molar-refractivity contribution is 6.32. The third kappa shape index (κ3) is 3.25. The van der Waals surface area contributed by atoms with Crippen LogP contribution in [0.4, 0.5) is 0 Å². The number of halogens is 1. The zero-order valence-electron chi connectivity index (χ0n) is 10.2. The van der Waals surface area contributed by atoms with Gasteiger partial charge < -0.3 is 9.84 Å². The molecule has 2 rings (SSSR count). The standard InChI is InChI=1S/C15H15ClO2/c1-11-2-4-12(5-3-11)10-18-15-7-6-13(9-17)8-14(15)16/h2-8,17H,9-10H2,1H3. The van der Waals surface area contributed by atoms with Gasteiger partial charge in [0.2, 0.25) is 0 Å². The maximum atomic E-state index is 8.99. The van der Waals surface area contributed by atoms with E-state index in [9.17, 15) is 0 Å². The van der Waals surface area contributed by atoms with E-state index in [0.717, 1.165) is 11.1 Å². The van der Waals surface area contributed by atoms with Gasteiger partial charge in [0.25, 0.3) is 0 Å². The Morgan fingerprint density at radius 1 is 1.06 bits per heavy atom. The summed E-state index contributed by atoms with van der Waals surface area (Å²) in [6.45, 7) is 2.52. The second-order valence-electron chi connectivity index (χ2n) is 4.20. The molecule has 0 heterocycles. The molecule has 0 amide bonds. The Hall–Kier alpha value is -1.51. The molecule has 0 aliphatic carbocycles. The van der Waals surface area contributed by atoms with Gasteiger partial charge in [-0.25, -0.2) is 0 Å². The van der Waals surface area contributed by atoms with E-state index in [1.165, 1.54) is 5.56 Å². The Labute approximate surface area is 112 Å². The lowest BCUT2D eigenvalue weighted by atomic mass is 10.2. The van der Waals surface area contributed by atoms with Crippen LogP contribution < -0.4 is 4.74 Å². The third-order valence-electron chi connectivity index (χ3n) is 2.69. The zero-order valence-corrected chi connectivity index (χ0v) is 10.9. The number of aliphatic hydroxyl groups is 1. The van der Waals surface area contributed by atoms with E-state index in [4.69, 9.17) is 21.4 Å². The minimum absolute atomic E-state index is 0.0159. The van der Waals surface area contributed by atoms with Crippen LogP contribution in [-0.2, 0) is 13.2 Å². The summed E-state index contributed by atoms with van der Waals surface area (Å²) in [5.74, 6) is 0.634. The van der Waals surface area contributed by atoms with E-state index in [-0.39, 0.29) is 6.61 Å². The largest absolute Gasteiger partial charge is 0.487 e. The van der Waals surface area contributed by atoms with Gasteiger partial charge in [-0.05, 0) is 30.2 Å². The number of hydrogen-bond acceptors (Lipinski definition) is 2. The minimum Gasteiger partial charge on any atom is -0.487 e. The van der Waals surface area contributed by atoms with Gasteiger partial charge >= 0.3 is 0 Å². The molecule has 0 radical (unpaired) electrons. The average molecular weight is 263 g/mol. The van der Waals surface area contributed by atoms with Crippen molar-refractivity contribution >= 4 is 11.6 Å². The van der Waals surface area contributed by atoms with Gasteiger partial charge in [0.1, 0.15) is 12.4 Å². The molecule has 1 N–H and O–H groups in total. The maximum Gasteiger partial charge on any atom is 0.138 e. The fraction of sp³-hybridized carbons (Fsp3) is 0.200. The molecule has 0 fully saturated rings. The Kier molecular flexibility index (Phi) is 4.24. The van der Waals surface area contributed by atoms with Crippen LogP contribution in [0.15, 0.2) is 42.5 Å². The fourth-order valence-electron chi connectivity index (χ4n) is 1.61. The molecule has 0 aromatic heterocycles. The molecule has 94 valence electrons. The highest BCUT2D eigenvalue weighted by Crippen LogP contribution is 2.26. The van der Waals surface area contributed by atoms with Crippen LogP contribution >= 0.6 is 11.6 Å². The van der Waals surface area contributed by atoms with Crippen molar-refractivity contribution in [2.24, 2.45) is 0 Å². The molecule has 2 nitrogen and oxygen atoms in total. The average Bonchev–Trinajstić information content (AvgIpc) is 2.39. The lowest BCUT2D eigenvalue weighted by Crippen LogP contribution is -1.96. The second-order valence-corrected chi connectivity index (χ2v) is 4.60. The molecule has 2 aromatic carbocycles. The molecule has 0 spiro atoms. The summed E-state index contributed by atoms with van der Waals surface area (Å²) in [7, 11) is 0. The number of aryl methyl sites for hydroxylation is 1. The maximum absolute atomic E-state index is 8.99. The first-order valence-electron chi connectivity index (χ1n) is 5.76. The van der Waals surface area contributed by atoms with Gasteiger partial charge in [-0.15, -0.1) is 0 Å².